The Morgan fingerprint density at radius 2 is 1.94 bits per heavy atom. The zero-order valence-electron chi connectivity index (χ0n) is 17.9. The van der Waals surface area contributed by atoms with Crippen LogP contribution in [0, 0.1) is 23.2 Å². The van der Waals surface area contributed by atoms with Crippen LogP contribution in [0.25, 0.3) is 0 Å². The zero-order chi connectivity index (χ0) is 23.4. The number of nitrogens with zero attached hydrogens (tertiary/aromatic N) is 5. The van der Waals surface area contributed by atoms with Gasteiger partial charge >= 0.3 is 0 Å². The van der Waals surface area contributed by atoms with Gasteiger partial charge in [-0.3, -0.25) is 14.4 Å². The number of hydrogen-bond acceptors (Lipinski definition) is 8. The number of hydrogen-bond donors (Lipinski definition) is 1. The molecule has 1 saturated heterocycles. The van der Waals surface area contributed by atoms with E-state index >= 15 is 0 Å². The maximum atomic E-state index is 12.8. The van der Waals surface area contributed by atoms with Gasteiger partial charge in [0.2, 0.25) is 5.91 Å². The fourth-order valence-corrected chi connectivity index (χ4v) is 4.36. The van der Waals surface area contributed by atoms with Crippen molar-refractivity contribution in [3.05, 3.63) is 45.5 Å². The summed E-state index contributed by atoms with van der Waals surface area (Å²) in [5.41, 5.74) is -0.0415. The summed E-state index contributed by atoms with van der Waals surface area (Å²) in [6.07, 6.45) is 4.30. The van der Waals surface area contributed by atoms with Crippen molar-refractivity contribution in [2.75, 3.05) is 37.7 Å². The lowest BCUT2D eigenvalue weighted by molar-refractivity contribution is -0.135. The molecule has 1 amide bonds. The van der Waals surface area contributed by atoms with Gasteiger partial charge in [0.25, 0.3) is 5.56 Å². The zero-order valence-corrected chi connectivity index (χ0v) is 18.6. The smallest absolute Gasteiger partial charge is 0.286 e. The van der Waals surface area contributed by atoms with Gasteiger partial charge in [-0.25, -0.2) is 10.1 Å². The average Bonchev–Trinajstić information content (AvgIpc) is 3.19. The van der Waals surface area contributed by atoms with Crippen LogP contribution in [-0.4, -0.2) is 64.6 Å². The molecule has 0 bridgehead atoms. The summed E-state index contributed by atoms with van der Waals surface area (Å²) in [5.74, 6) is 0.254. The molecule has 172 valence electrons. The maximum absolute atomic E-state index is 12.8. The van der Waals surface area contributed by atoms with Crippen LogP contribution < -0.4 is 15.2 Å². The summed E-state index contributed by atoms with van der Waals surface area (Å²) < 4.78 is 5.55. The molecule has 4 rings (SSSR count). The molecule has 10 nitrogen and oxygen atoms in total. The normalized spacial score (nSPS) is 20.5. The van der Waals surface area contributed by atoms with Gasteiger partial charge in [-0.2, -0.15) is 10.4 Å². The van der Waals surface area contributed by atoms with E-state index in [1.807, 2.05) is 12.1 Å². The molecule has 1 saturated carbocycles. The third-order valence-electron chi connectivity index (χ3n) is 6.13. The number of nitriles is 1. The van der Waals surface area contributed by atoms with Gasteiger partial charge in [0.1, 0.15) is 17.7 Å². The summed E-state index contributed by atoms with van der Waals surface area (Å²) in [6, 6.07) is 5.59. The van der Waals surface area contributed by atoms with E-state index in [2.05, 4.69) is 20.1 Å². The molecular formula is C22H23ClN6O4. The number of ketones is 1. The van der Waals surface area contributed by atoms with E-state index in [1.54, 1.807) is 17.2 Å². The van der Waals surface area contributed by atoms with Crippen LogP contribution in [0.15, 0.2) is 29.3 Å². The third-order valence-corrected chi connectivity index (χ3v) is 6.48. The van der Waals surface area contributed by atoms with E-state index < -0.39 is 5.56 Å². The van der Waals surface area contributed by atoms with Crippen LogP contribution in [0.1, 0.15) is 24.8 Å². The Hall–Kier alpha value is -3.45. The van der Waals surface area contributed by atoms with Crippen molar-refractivity contribution < 1.29 is 14.3 Å². The van der Waals surface area contributed by atoms with Gasteiger partial charge in [-0.1, -0.05) is 11.6 Å². The van der Waals surface area contributed by atoms with Gasteiger partial charge in [-0.15, -0.1) is 0 Å². The number of Topliss-reactive ketones (excluding diaryl/α,β-unsaturated/α-hetero) is 1. The fraction of sp³-hybridized carbons (Fsp3) is 0.455. The molecular weight excluding hydrogens is 448 g/mol. The maximum Gasteiger partial charge on any atom is 0.286 e. The first-order chi connectivity index (χ1) is 16.0. The lowest BCUT2D eigenvalue weighted by atomic mass is 9.99. The number of H-pyrrole nitrogens is 1. The third kappa shape index (κ3) is 5.14. The van der Waals surface area contributed by atoms with Crippen LogP contribution in [0.4, 0.5) is 5.82 Å². The number of carbonyl (C=O) groups excluding carboxylic acids is 2. The molecule has 2 fully saturated rings. The number of amides is 1. The molecule has 0 spiro atoms. The van der Waals surface area contributed by atoms with Crippen LogP contribution in [0.2, 0.25) is 5.02 Å². The predicted octanol–water partition coefficient (Wildman–Crippen LogP) is 1.40. The van der Waals surface area contributed by atoms with Crippen molar-refractivity contribution in [2.24, 2.45) is 11.8 Å². The second kappa shape index (κ2) is 10.0. The monoisotopic (exact) mass is 470 g/mol. The van der Waals surface area contributed by atoms with E-state index in [0.29, 0.717) is 44.6 Å². The molecule has 0 radical (unpaired) electrons. The van der Waals surface area contributed by atoms with E-state index in [1.165, 1.54) is 6.20 Å². The number of aromatic nitrogens is 3. The lowest BCUT2D eigenvalue weighted by Crippen LogP contribution is -2.49. The first kappa shape index (κ1) is 22.7. The number of carbonyl (C=O) groups is 2. The number of piperazine rings is 1. The first-order valence-corrected chi connectivity index (χ1v) is 11.1. The highest BCUT2D eigenvalue weighted by Crippen LogP contribution is 2.31. The molecule has 2 atom stereocenters. The Morgan fingerprint density at radius 3 is 2.64 bits per heavy atom. The van der Waals surface area contributed by atoms with E-state index in [-0.39, 0.29) is 47.3 Å². The Balaban J connectivity index is 1.25. The largest absolute Gasteiger partial charge is 0.489 e. The Kier molecular flexibility index (Phi) is 6.89. The average molecular weight is 471 g/mol. The van der Waals surface area contributed by atoms with E-state index in [4.69, 9.17) is 21.6 Å². The summed E-state index contributed by atoms with van der Waals surface area (Å²) in [6.45, 7) is 2.50. The molecule has 33 heavy (non-hydrogen) atoms. The summed E-state index contributed by atoms with van der Waals surface area (Å²) in [4.78, 5) is 45.3. The second-order valence-electron chi connectivity index (χ2n) is 8.15. The number of halogens is 1. The molecule has 0 unspecified atom stereocenters. The Morgan fingerprint density at radius 1 is 1.18 bits per heavy atom. The van der Waals surface area contributed by atoms with Gasteiger partial charge < -0.3 is 14.5 Å². The number of nitrogens with one attached hydrogen (secondary N) is 1. The van der Waals surface area contributed by atoms with Gasteiger partial charge in [-0.05, 0) is 25.0 Å². The van der Waals surface area contributed by atoms with Crippen LogP contribution in [0.5, 0.6) is 5.75 Å². The summed E-state index contributed by atoms with van der Waals surface area (Å²) in [7, 11) is 0. The lowest BCUT2D eigenvalue weighted by Gasteiger charge is -2.35. The summed E-state index contributed by atoms with van der Waals surface area (Å²) in [5, 5.41) is 14.6. The van der Waals surface area contributed by atoms with Crippen molar-refractivity contribution in [1.82, 2.24) is 20.1 Å². The minimum absolute atomic E-state index is 0.0118. The van der Waals surface area contributed by atoms with Crippen LogP contribution in [-0.2, 0) is 9.59 Å². The number of anilines is 1. The van der Waals surface area contributed by atoms with Crippen molar-refractivity contribution in [2.45, 2.75) is 19.3 Å². The molecule has 2 aromatic rings. The SMILES string of the molecule is N#Cc1ccc(N2CCN(C(=O)C[C@H]3CC[C@H](COc4cn[nH]c(=O)c4Cl)C3=O)CC2)nc1. The van der Waals surface area contributed by atoms with Crippen molar-refractivity contribution in [3.63, 3.8) is 0 Å². The molecule has 1 aliphatic heterocycles. The standard InChI is InChI=1S/C22H23ClN6O4/c23-20-17(12-26-27-22(20)32)33-13-16-3-2-15(21(16)31)9-19(30)29-7-5-28(6-8-29)18-4-1-14(10-24)11-25-18/h1,4,11-12,15-16H,2-3,5-9,13H2,(H,27,32)/t15-,16-/m1/s1. The molecule has 11 heteroatoms. The highest BCUT2D eigenvalue weighted by molar-refractivity contribution is 6.31. The molecule has 2 aliphatic rings. The van der Waals surface area contributed by atoms with E-state index in [0.717, 1.165) is 5.82 Å². The predicted molar refractivity (Wildman–Crippen MR) is 119 cm³/mol. The van der Waals surface area contributed by atoms with Gasteiger partial charge in [0.15, 0.2) is 10.8 Å². The van der Waals surface area contributed by atoms with Crippen LogP contribution >= 0.6 is 11.6 Å². The highest BCUT2D eigenvalue weighted by atomic mass is 35.5. The minimum Gasteiger partial charge on any atom is -0.489 e. The van der Waals surface area contributed by atoms with Gasteiger partial charge in [0, 0.05) is 44.7 Å². The van der Waals surface area contributed by atoms with Gasteiger partial charge in [0.05, 0.1) is 24.3 Å². The fourth-order valence-electron chi connectivity index (χ4n) is 4.21. The highest BCUT2D eigenvalue weighted by Gasteiger charge is 2.37. The topological polar surface area (TPSA) is 132 Å². The van der Waals surface area contributed by atoms with Crippen molar-refractivity contribution in [3.8, 4) is 11.8 Å². The molecule has 3 heterocycles. The van der Waals surface area contributed by atoms with Crippen molar-refractivity contribution in [1.29, 1.82) is 5.26 Å². The molecule has 0 aromatic carbocycles. The molecule has 1 N–H and O–H groups in total. The molecule has 1 aliphatic carbocycles. The quantitative estimate of drug-likeness (QED) is 0.670. The Labute approximate surface area is 195 Å². The Bertz CT molecular complexity index is 1120. The van der Waals surface area contributed by atoms with Crippen LogP contribution in [0.3, 0.4) is 0 Å². The number of rotatable bonds is 6. The van der Waals surface area contributed by atoms with E-state index in [9.17, 15) is 14.4 Å². The minimum atomic E-state index is -0.551. The molecule has 2 aromatic heterocycles. The summed E-state index contributed by atoms with van der Waals surface area (Å²) >= 11 is 5.90. The first-order valence-electron chi connectivity index (χ1n) is 10.7. The van der Waals surface area contributed by atoms with Crippen molar-refractivity contribution >= 4 is 29.1 Å². The number of pyridine rings is 1. The number of aromatic amines is 1. The number of ether oxygens (including phenoxy) is 1. The second-order valence-corrected chi connectivity index (χ2v) is 8.53.